The predicted molar refractivity (Wildman–Crippen MR) is 108 cm³/mol. The smallest absolute Gasteiger partial charge is 0.178 e. The van der Waals surface area contributed by atoms with Crippen molar-refractivity contribution in [1.82, 2.24) is 24.8 Å². The predicted octanol–water partition coefficient (Wildman–Crippen LogP) is 3.07. The van der Waals surface area contributed by atoms with Crippen LogP contribution in [0.3, 0.4) is 0 Å². The molecule has 8 heteroatoms. The van der Waals surface area contributed by atoms with Gasteiger partial charge in [0.15, 0.2) is 5.82 Å². The molecule has 1 aliphatic rings. The molecule has 0 spiro atoms. The van der Waals surface area contributed by atoms with Crippen molar-refractivity contribution in [1.29, 1.82) is 0 Å². The second kappa shape index (κ2) is 9.05. The van der Waals surface area contributed by atoms with Gasteiger partial charge >= 0.3 is 0 Å². The highest BCUT2D eigenvalue weighted by Gasteiger charge is 2.24. The first-order valence-electron chi connectivity index (χ1n) is 9.21. The molecule has 0 aliphatic carbocycles. The summed E-state index contributed by atoms with van der Waals surface area (Å²) < 4.78 is 5.51. The van der Waals surface area contributed by atoms with Crippen molar-refractivity contribution in [3.8, 4) is 11.5 Å². The highest BCUT2D eigenvalue weighted by Crippen LogP contribution is 2.28. The Labute approximate surface area is 168 Å². The fourth-order valence-corrected chi connectivity index (χ4v) is 3.54. The minimum atomic E-state index is 0.115. The Kier molecular flexibility index (Phi) is 6.06. The Morgan fingerprint density at radius 2 is 1.82 bits per heavy atom. The van der Waals surface area contributed by atoms with Gasteiger partial charge in [-0.3, -0.25) is 4.90 Å². The average molecular weight is 397 g/mol. The van der Waals surface area contributed by atoms with E-state index in [9.17, 15) is 0 Å². The maximum absolute atomic E-state index is 6.50. The van der Waals surface area contributed by atoms with E-state index in [1.807, 2.05) is 24.3 Å². The van der Waals surface area contributed by atoms with Crippen molar-refractivity contribution in [2.24, 2.45) is 0 Å². The molecule has 1 fully saturated rings. The van der Waals surface area contributed by atoms with E-state index in [2.05, 4.69) is 36.2 Å². The monoisotopic (exact) mass is 396 g/mol. The number of aromatic nitrogens is 4. The standard InChI is InChI=1S/C20H21ClN6O/c21-16-5-2-1-4-15(16)18(27-8-10-28-11-9-27)13-24-19-12-17(25-14-26-19)20-22-6-3-7-23-20/h1-7,12,14,18H,8-11,13H2,(H,24,25,26). The number of anilines is 1. The van der Waals surface area contributed by atoms with Gasteiger partial charge in [0, 0.05) is 43.1 Å². The molecule has 7 nitrogen and oxygen atoms in total. The van der Waals surface area contributed by atoms with Crippen molar-refractivity contribution in [3.63, 3.8) is 0 Å². The molecular weight excluding hydrogens is 376 g/mol. The summed E-state index contributed by atoms with van der Waals surface area (Å²) in [6.45, 7) is 3.85. The molecule has 3 heterocycles. The van der Waals surface area contributed by atoms with Crippen LogP contribution in [0.2, 0.25) is 5.02 Å². The highest BCUT2D eigenvalue weighted by atomic mass is 35.5. The van der Waals surface area contributed by atoms with Crippen LogP contribution in [0.15, 0.2) is 55.1 Å². The molecule has 144 valence electrons. The lowest BCUT2D eigenvalue weighted by atomic mass is 10.0. The molecule has 3 aromatic rings. The molecule has 1 aliphatic heterocycles. The highest BCUT2D eigenvalue weighted by molar-refractivity contribution is 6.31. The third kappa shape index (κ3) is 4.44. The maximum atomic E-state index is 6.50. The molecule has 1 unspecified atom stereocenters. The van der Waals surface area contributed by atoms with Gasteiger partial charge in [0.25, 0.3) is 0 Å². The summed E-state index contributed by atoms with van der Waals surface area (Å²) in [4.78, 5) is 19.5. The van der Waals surface area contributed by atoms with Crippen molar-refractivity contribution < 1.29 is 4.74 Å². The first kappa shape index (κ1) is 18.7. The van der Waals surface area contributed by atoms with Crippen LogP contribution in [0.1, 0.15) is 11.6 Å². The zero-order chi connectivity index (χ0) is 19.2. The molecule has 1 aromatic carbocycles. The quantitative estimate of drug-likeness (QED) is 0.686. The lowest BCUT2D eigenvalue weighted by Crippen LogP contribution is -2.41. The van der Waals surface area contributed by atoms with Crippen LogP contribution in [0.4, 0.5) is 5.82 Å². The Morgan fingerprint density at radius 3 is 2.61 bits per heavy atom. The number of nitrogens with zero attached hydrogens (tertiary/aromatic N) is 5. The van der Waals surface area contributed by atoms with Crippen LogP contribution < -0.4 is 5.32 Å². The largest absolute Gasteiger partial charge is 0.379 e. The van der Waals surface area contributed by atoms with E-state index < -0.39 is 0 Å². The summed E-state index contributed by atoms with van der Waals surface area (Å²) in [6, 6.07) is 11.7. The molecule has 0 amide bonds. The lowest BCUT2D eigenvalue weighted by Gasteiger charge is -2.35. The number of rotatable bonds is 6. The fourth-order valence-electron chi connectivity index (χ4n) is 3.28. The third-order valence-electron chi connectivity index (χ3n) is 4.69. The molecule has 0 saturated carbocycles. The van der Waals surface area contributed by atoms with Gasteiger partial charge in [-0.25, -0.2) is 19.9 Å². The Balaban J connectivity index is 1.54. The summed E-state index contributed by atoms with van der Waals surface area (Å²) in [7, 11) is 0. The van der Waals surface area contributed by atoms with Gasteiger partial charge < -0.3 is 10.1 Å². The van der Waals surface area contributed by atoms with Crippen LogP contribution in [-0.4, -0.2) is 57.7 Å². The van der Waals surface area contributed by atoms with Crippen LogP contribution in [0, 0.1) is 0 Å². The fraction of sp³-hybridized carbons (Fsp3) is 0.300. The van der Waals surface area contributed by atoms with Gasteiger partial charge in [-0.2, -0.15) is 0 Å². The second-order valence-corrected chi connectivity index (χ2v) is 6.83. The molecule has 1 saturated heterocycles. The topological polar surface area (TPSA) is 76.1 Å². The second-order valence-electron chi connectivity index (χ2n) is 6.43. The molecule has 1 atom stereocenters. The van der Waals surface area contributed by atoms with Crippen LogP contribution in [0.5, 0.6) is 0 Å². The molecule has 0 bridgehead atoms. The summed E-state index contributed by atoms with van der Waals surface area (Å²) in [5.41, 5.74) is 1.78. The molecule has 2 aromatic heterocycles. The van der Waals surface area contributed by atoms with Crippen LogP contribution in [-0.2, 0) is 4.74 Å². The summed E-state index contributed by atoms with van der Waals surface area (Å²) in [5.74, 6) is 1.30. The van der Waals surface area contributed by atoms with Crippen LogP contribution in [0.25, 0.3) is 11.5 Å². The SMILES string of the molecule is Clc1ccccc1C(CNc1cc(-c2ncccn2)ncn1)N1CCOCC1. The maximum Gasteiger partial charge on any atom is 0.178 e. The van der Waals surface area contributed by atoms with Crippen molar-refractivity contribution in [2.45, 2.75) is 6.04 Å². The van der Waals surface area contributed by atoms with Crippen molar-refractivity contribution in [3.05, 3.63) is 65.7 Å². The number of halogens is 1. The first-order chi connectivity index (χ1) is 13.8. The zero-order valence-corrected chi connectivity index (χ0v) is 16.1. The van der Waals surface area contributed by atoms with E-state index in [0.29, 0.717) is 18.1 Å². The third-order valence-corrected chi connectivity index (χ3v) is 5.03. The summed E-state index contributed by atoms with van der Waals surface area (Å²) in [6.07, 6.45) is 4.92. The minimum absolute atomic E-state index is 0.115. The van der Waals surface area contributed by atoms with E-state index >= 15 is 0 Å². The normalized spacial score (nSPS) is 15.9. The van der Waals surface area contributed by atoms with Gasteiger partial charge in [-0.15, -0.1) is 0 Å². The molecule has 0 radical (unpaired) electrons. The van der Waals surface area contributed by atoms with Crippen LogP contribution >= 0.6 is 11.6 Å². The molecule has 4 rings (SSSR count). The van der Waals surface area contributed by atoms with Gasteiger partial charge in [-0.1, -0.05) is 29.8 Å². The van der Waals surface area contributed by atoms with E-state index in [0.717, 1.165) is 42.7 Å². The lowest BCUT2D eigenvalue weighted by molar-refractivity contribution is 0.0187. The Morgan fingerprint density at radius 1 is 1.04 bits per heavy atom. The summed E-state index contributed by atoms with van der Waals surface area (Å²) in [5, 5.41) is 4.20. The van der Waals surface area contributed by atoms with Gasteiger partial charge in [0.05, 0.1) is 19.3 Å². The molecule has 1 N–H and O–H groups in total. The number of benzene rings is 1. The number of nitrogens with one attached hydrogen (secondary N) is 1. The number of morpholine rings is 1. The van der Waals surface area contributed by atoms with Gasteiger partial charge in [0.2, 0.25) is 0 Å². The van der Waals surface area contributed by atoms with Crippen molar-refractivity contribution in [2.75, 3.05) is 38.2 Å². The van der Waals surface area contributed by atoms with Gasteiger partial charge in [0.1, 0.15) is 17.8 Å². The Bertz CT molecular complexity index is 904. The first-order valence-corrected chi connectivity index (χ1v) is 9.58. The number of hydrogen-bond donors (Lipinski definition) is 1. The Hall–Kier alpha value is -2.61. The van der Waals surface area contributed by atoms with E-state index in [1.165, 1.54) is 6.33 Å². The van der Waals surface area contributed by atoms with Crippen molar-refractivity contribution >= 4 is 17.4 Å². The van der Waals surface area contributed by atoms with E-state index in [-0.39, 0.29) is 6.04 Å². The molecule has 28 heavy (non-hydrogen) atoms. The van der Waals surface area contributed by atoms with E-state index in [1.54, 1.807) is 18.5 Å². The summed E-state index contributed by atoms with van der Waals surface area (Å²) >= 11 is 6.50. The molecular formula is C20H21ClN6O. The number of ether oxygens (including phenoxy) is 1. The minimum Gasteiger partial charge on any atom is -0.379 e. The number of hydrogen-bond acceptors (Lipinski definition) is 7. The van der Waals surface area contributed by atoms with E-state index in [4.69, 9.17) is 16.3 Å². The average Bonchev–Trinajstić information content (AvgIpc) is 2.77. The van der Waals surface area contributed by atoms with Gasteiger partial charge in [-0.05, 0) is 17.7 Å². The zero-order valence-electron chi connectivity index (χ0n) is 15.3.